The molecule has 0 unspecified atom stereocenters. The second-order valence-corrected chi connectivity index (χ2v) is 5.93. The van der Waals surface area contributed by atoms with Gasteiger partial charge in [-0.3, -0.25) is 0 Å². The van der Waals surface area contributed by atoms with Crippen molar-refractivity contribution < 1.29 is 23.0 Å². The minimum atomic E-state index is -0.583. The predicted molar refractivity (Wildman–Crippen MR) is 93.5 cm³/mol. The minimum Gasteiger partial charge on any atom is -0.494 e. The van der Waals surface area contributed by atoms with E-state index in [0.717, 1.165) is 5.56 Å². The van der Waals surface area contributed by atoms with Gasteiger partial charge in [-0.2, -0.15) is 4.39 Å². The SMILES string of the molecule is COc1ccc2c(c1F)COc1c-2ccc(OCc2ccccc2)c1F. The third-order valence-electron chi connectivity index (χ3n) is 4.38. The molecule has 132 valence electrons. The zero-order valence-electron chi connectivity index (χ0n) is 14.1. The summed E-state index contributed by atoms with van der Waals surface area (Å²) in [6.07, 6.45) is 0. The first-order valence-corrected chi connectivity index (χ1v) is 8.17. The van der Waals surface area contributed by atoms with E-state index in [9.17, 15) is 8.78 Å². The van der Waals surface area contributed by atoms with Crippen LogP contribution in [0.25, 0.3) is 11.1 Å². The maximum absolute atomic E-state index is 14.8. The molecular formula is C21H16F2O3. The molecule has 0 N–H and O–H groups in total. The summed E-state index contributed by atoms with van der Waals surface area (Å²) in [6, 6.07) is 16.0. The molecule has 3 aromatic rings. The van der Waals surface area contributed by atoms with Gasteiger partial charge in [0.2, 0.25) is 5.82 Å². The Morgan fingerprint density at radius 1 is 0.885 bits per heavy atom. The predicted octanol–water partition coefficient (Wildman–Crippen LogP) is 5.11. The van der Waals surface area contributed by atoms with Crippen LogP contribution in [0.15, 0.2) is 54.6 Å². The molecule has 0 radical (unpaired) electrons. The molecule has 0 aliphatic carbocycles. The van der Waals surface area contributed by atoms with Crippen molar-refractivity contribution in [1.82, 2.24) is 0 Å². The Morgan fingerprint density at radius 3 is 2.38 bits per heavy atom. The first-order valence-electron chi connectivity index (χ1n) is 8.17. The highest BCUT2D eigenvalue weighted by atomic mass is 19.1. The molecule has 3 nitrogen and oxygen atoms in total. The van der Waals surface area contributed by atoms with E-state index in [1.807, 2.05) is 30.3 Å². The Balaban J connectivity index is 1.67. The molecule has 4 rings (SSSR count). The standard InChI is InChI=1S/C21H16F2O3/c1-24-17-9-7-14-15-8-10-18(25-11-13-5-3-2-4-6-13)20(23)21(15)26-12-16(14)19(17)22/h2-10H,11-12H2,1H3. The Kier molecular flexibility index (Phi) is 4.21. The lowest BCUT2D eigenvalue weighted by atomic mass is 9.96. The Morgan fingerprint density at radius 2 is 1.62 bits per heavy atom. The Labute approximate surface area is 149 Å². The molecule has 1 aliphatic rings. The second kappa shape index (κ2) is 6.67. The van der Waals surface area contributed by atoms with Crippen molar-refractivity contribution in [3.8, 4) is 28.4 Å². The molecule has 0 amide bonds. The van der Waals surface area contributed by atoms with Crippen LogP contribution in [0.5, 0.6) is 17.2 Å². The third-order valence-corrected chi connectivity index (χ3v) is 4.38. The quantitative estimate of drug-likeness (QED) is 0.651. The van der Waals surface area contributed by atoms with Crippen LogP contribution in [0, 0.1) is 11.6 Å². The molecule has 0 saturated carbocycles. The van der Waals surface area contributed by atoms with Gasteiger partial charge in [-0.25, -0.2) is 4.39 Å². The van der Waals surface area contributed by atoms with Gasteiger partial charge in [0.25, 0.3) is 0 Å². The highest BCUT2D eigenvalue weighted by Gasteiger charge is 2.26. The van der Waals surface area contributed by atoms with Gasteiger partial charge in [0.1, 0.15) is 13.2 Å². The zero-order valence-corrected chi connectivity index (χ0v) is 14.1. The Hall–Kier alpha value is -3.08. The molecular weight excluding hydrogens is 338 g/mol. The summed E-state index contributed by atoms with van der Waals surface area (Å²) in [6.45, 7) is 0.184. The van der Waals surface area contributed by atoms with Crippen LogP contribution in [0.1, 0.15) is 11.1 Å². The fourth-order valence-electron chi connectivity index (χ4n) is 3.03. The summed E-state index contributed by atoms with van der Waals surface area (Å²) in [4.78, 5) is 0. The van der Waals surface area contributed by atoms with Gasteiger partial charge in [-0.05, 0) is 35.4 Å². The molecule has 0 spiro atoms. The van der Waals surface area contributed by atoms with E-state index in [1.165, 1.54) is 19.2 Å². The van der Waals surface area contributed by atoms with Crippen LogP contribution in [-0.2, 0) is 13.2 Å². The molecule has 1 heterocycles. The van der Waals surface area contributed by atoms with E-state index in [2.05, 4.69) is 0 Å². The van der Waals surface area contributed by atoms with Crippen LogP contribution in [0.4, 0.5) is 8.78 Å². The summed E-state index contributed by atoms with van der Waals surface area (Å²) in [7, 11) is 1.40. The summed E-state index contributed by atoms with van der Waals surface area (Å²) in [5.41, 5.74) is 2.38. The van der Waals surface area contributed by atoms with Crippen LogP contribution in [0.2, 0.25) is 0 Å². The van der Waals surface area contributed by atoms with Crippen molar-refractivity contribution in [2.45, 2.75) is 13.2 Å². The maximum atomic E-state index is 14.8. The average Bonchev–Trinajstić information content (AvgIpc) is 2.68. The van der Waals surface area contributed by atoms with Crippen LogP contribution >= 0.6 is 0 Å². The fourth-order valence-corrected chi connectivity index (χ4v) is 3.03. The second-order valence-electron chi connectivity index (χ2n) is 5.93. The molecule has 3 aromatic carbocycles. The van der Waals surface area contributed by atoms with Gasteiger partial charge in [-0.15, -0.1) is 0 Å². The number of hydrogen-bond donors (Lipinski definition) is 0. The lowest BCUT2D eigenvalue weighted by molar-refractivity contribution is 0.257. The number of methoxy groups -OCH3 is 1. The highest BCUT2D eigenvalue weighted by Crippen LogP contribution is 2.44. The van der Waals surface area contributed by atoms with Crippen molar-refractivity contribution in [2.75, 3.05) is 7.11 Å². The van der Waals surface area contributed by atoms with E-state index in [0.29, 0.717) is 16.7 Å². The lowest BCUT2D eigenvalue weighted by Gasteiger charge is -2.23. The van der Waals surface area contributed by atoms with Gasteiger partial charge in [0, 0.05) is 11.1 Å². The van der Waals surface area contributed by atoms with Crippen LogP contribution in [0.3, 0.4) is 0 Å². The van der Waals surface area contributed by atoms with E-state index >= 15 is 0 Å². The van der Waals surface area contributed by atoms with Crippen molar-refractivity contribution in [3.63, 3.8) is 0 Å². The van der Waals surface area contributed by atoms with Gasteiger partial charge in [0.15, 0.2) is 23.1 Å². The fraction of sp³-hybridized carbons (Fsp3) is 0.143. The molecule has 0 fully saturated rings. The summed E-state index contributed by atoms with van der Waals surface area (Å²) in [5, 5.41) is 0. The van der Waals surface area contributed by atoms with Gasteiger partial charge < -0.3 is 14.2 Å². The molecule has 0 bridgehead atoms. The third kappa shape index (κ3) is 2.75. The summed E-state index contributed by atoms with van der Waals surface area (Å²) in [5.74, 6) is -0.752. The highest BCUT2D eigenvalue weighted by molar-refractivity contribution is 5.77. The van der Waals surface area contributed by atoms with E-state index in [-0.39, 0.29) is 30.5 Å². The van der Waals surface area contributed by atoms with Gasteiger partial charge >= 0.3 is 0 Å². The first kappa shape index (κ1) is 16.4. The smallest absolute Gasteiger partial charge is 0.207 e. The largest absolute Gasteiger partial charge is 0.494 e. The van der Waals surface area contributed by atoms with Crippen LogP contribution in [-0.4, -0.2) is 7.11 Å². The average molecular weight is 354 g/mol. The van der Waals surface area contributed by atoms with Crippen molar-refractivity contribution in [3.05, 3.63) is 77.4 Å². The van der Waals surface area contributed by atoms with Crippen molar-refractivity contribution in [2.24, 2.45) is 0 Å². The van der Waals surface area contributed by atoms with Gasteiger partial charge in [-0.1, -0.05) is 30.3 Å². The Bertz CT molecular complexity index is 955. The summed E-state index contributed by atoms with van der Waals surface area (Å²) >= 11 is 0. The molecule has 1 aliphatic heterocycles. The lowest BCUT2D eigenvalue weighted by Crippen LogP contribution is -2.11. The normalized spacial score (nSPS) is 12.0. The summed E-state index contributed by atoms with van der Waals surface area (Å²) < 4.78 is 45.3. The number of halogens is 2. The number of fused-ring (bicyclic) bond motifs is 3. The first-order chi connectivity index (χ1) is 12.7. The van der Waals surface area contributed by atoms with Crippen molar-refractivity contribution >= 4 is 0 Å². The molecule has 0 aromatic heterocycles. The van der Waals surface area contributed by atoms with E-state index in [1.54, 1.807) is 12.1 Å². The topological polar surface area (TPSA) is 27.7 Å². The van der Waals surface area contributed by atoms with E-state index in [4.69, 9.17) is 14.2 Å². The maximum Gasteiger partial charge on any atom is 0.207 e. The van der Waals surface area contributed by atoms with E-state index < -0.39 is 11.6 Å². The van der Waals surface area contributed by atoms with Crippen LogP contribution < -0.4 is 14.2 Å². The molecule has 0 atom stereocenters. The number of rotatable bonds is 4. The number of ether oxygens (including phenoxy) is 3. The monoisotopic (exact) mass is 354 g/mol. The molecule has 0 saturated heterocycles. The minimum absolute atomic E-state index is 0.0651. The molecule has 26 heavy (non-hydrogen) atoms. The molecule has 5 heteroatoms. The zero-order chi connectivity index (χ0) is 18.1. The number of hydrogen-bond acceptors (Lipinski definition) is 3. The van der Waals surface area contributed by atoms with Gasteiger partial charge in [0.05, 0.1) is 7.11 Å². The number of benzene rings is 3. The van der Waals surface area contributed by atoms with Crippen molar-refractivity contribution in [1.29, 1.82) is 0 Å².